The summed E-state index contributed by atoms with van der Waals surface area (Å²) >= 11 is 0. The first kappa shape index (κ1) is 27.9. The van der Waals surface area contributed by atoms with Crippen LogP contribution in [0.25, 0.3) is 0 Å². The summed E-state index contributed by atoms with van der Waals surface area (Å²) in [6, 6.07) is 0. The highest BCUT2D eigenvalue weighted by Gasteiger charge is 1.91. The van der Waals surface area contributed by atoms with Gasteiger partial charge < -0.3 is 40.0 Å². The molecule has 19 heavy (non-hydrogen) atoms. The largest absolute Gasteiger partial charge is 1.00 e. The molecule has 0 spiro atoms. The quantitative estimate of drug-likeness (QED) is 0.371. The molecule has 2 nitrogen and oxygen atoms in total. The number of unbranched alkanes of at least 4 members (excludes halogenated alkanes) is 9. The van der Waals surface area contributed by atoms with Crippen LogP contribution >= 0.6 is 0 Å². The standard InChI is InChI=1S/C12H27N.C3H9N.BrH.ClH/c1-2-3-4-5-6-7-8-9-10-11-12-13;1-4(2)3;;/h2-13H2,1H3;1-3H3;2*1H. The average Bonchev–Trinajstić information content (AvgIpc) is 2.26. The van der Waals surface area contributed by atoms with Crippen LogP contribution in [0.4, 0.5) is 0 Å². The van der Waals surface area contributed by atoms with Crippen LogP contribution in [-0.2, 0) is 0 Å². The van der Waals surface area contributed by atoms with E-state index in [9.17, 15) is 0 Å². The van der Waals surface area contributed by atoms with Crippen LogP contribution in [0.5, 0.6) is 0 Å². The minimum Gasteiger partial charge on any atom is -1.00 e. The van der Waals surface area contributed by atoms with Crippen molar-refractivity contribution in [3.8, 4) is 0 Å². The Bertz CT molecular complexity index is 112. The SMILES string of the molecule is CCCCCCCCCCCC[NH3+].C[NH+](C)C.[Br-].[Cl-]. The molecule has 0 unspecified atom stereocenters. The van der Waals surface area contributed by atoms with E-state index in [0.29, 0.717) is 0 Å². The topological polar surface area (TPSA) is 32.1 Å². The molecule has 0 atom stereocenters. The van der Waals surface area contributed by atoms with Gasteiger partial charge in [-0.3, -0.25) is 0 Å². The summed E-state index contributed by atoms with van der Waals surface area (Å²) in [7, 11) is 6.25. The van der Waals surface area contributed by atoms with Crippen LogP contribution in [-0.4, -0.2) is 27.7 Å². The predicted molar refractivity (Wildman–Crippen MR) is 78.3 cm³/mol. The molecule has 122 valence electrons. The van der Waals surface area contributed by atoms with Gasteiger partial charge in [-0.1, -0.05) is 58.3 Å². The minimum absolute atomic E-state index is 0. The highest BCUT2D eigenvalue weighted by Crippen LogP contribution is 2.09. The first-order chi connectivity index (χ1) is 8.15. The van der Waals surface area contributed by atoms with Gasteiger partial charge in [-0.05, 0) is 12.8 Å². The number of hydrogen-bond acceptors (Lipinski definition) is 0. The fourth-order valence-electron chi connectivity index (χ4n) is 1.66. The van der Waals surface area contributed by atoms with Gasteiger partial charge in [-0.2, -0.15) is 0 Å². The van der Waals surface area contributed by atoms with E-state index in [1.54, 1.807) is 0 Å². The lowest BCUT2D eigenvalue weighted by Gasteiger charge is -2.00. The summed E-state index contributed by atoms with van der Waals surface area (Å²) in [5.74, 6) is 0. The van der Waals surface area contributed by atoms with Crippen molar-refractivity contribution in [3.63, 3.8) is 0 Å². The number of halogens is 2. The monoisotopic (exact) mass is 360 g/mol. The Labute approximate surface area is 139 Å². The van der Waals surface area contributed by atoms with Crippen LogP contribution in [0.1, 0.15) is 71.1 Å². The summed E-state index contributed by atoms with van der Waals surface area (Å²) < 4.78 is 0. The third-order valence-electron chi connectivity index (χ3n) is 2.60. The van der Waals surface area contributed by atoms with Crippen LogP contribution in [0.3, 0.4) is 0 Å². The molecule has 0 aliphatic carbocycles. The molecule has 0 radical (unpaired) electrons. The Morgan fingerprint density at radius 2 is 0.947 bits per heavy atom. The lowest BCUT2D eigenvalue weighted by Crippen LogP contribution is -3.02. The van der Waals surface area contributed by atoms with Gasteiger partial charge in [0.2, 0.25) is 0 Å². The number of hydrogen-bond donors (Lipinski definition) is 2. The third-order valence-corrected chi connectivity index (χ3v) is 2.60. The van der Waals surface area contributed by atoms with E-state index in [2.05, 4.69) is 33.8 Å². The maximum Gasteiger partial charge on any atom is 0.0739 e. The van der Waals surface area contributed by atoms with Gasteiger partial charge in [0.1, 0.15) is 0 Å². The fraction of sp³-hybridized carbons (Fsp3) is 1.00. The Balaban J connectivity index is -0.000000165. The van der Waals surface area contributed by atoms with Crippen molar-refractivity contribution in [3.05, 3.63) is 0 Å². The van der Waals surface area contributed by atoms with Crippen molar-refractivity contribution in [2.75, 3.05) is 27.7 Å². The second-order valence-corrected chi connectivity index (χ2v) is 5.54. The summed E-state index contributed by atoms with van der Waals surface area (Å²) in [5, 5.41) is 0. The van der Waals surface area contributed by atoms with E-state index in [4.69, 9.17) is 0 Å². The van der Waals surface area contributed by atoms with Gasteiger partial charge in [0.15, 0.2) is 0 Å². The second-order valence-electron chi connectivity index (χ2n) is 5.54. The molecule has 4 N–H and O–H groups in total. The van der Waals surface area contributed by atoms with E-state index in [1.807, 2.05) is 0 Å². The van der Waals surface area contributed by atoms with Crippen molar-refractivity contribution >= 4 is 0 Å². The highest BCUT2D eigenvalue weighted by atomic mass is 79.9. The predicted octanol–water partition coefficient (Wildman–Crippen LogP) is -4.08. The van der Waals surface area contributed by atoms with Crippen LogP contribution in [0, 0.1) is 0 Å². The molecule has 0 saturated carbocycles. The van der Waals surface area contributed by atoms with E-state index < -0.39 is 0 Å². The Hall–Kier alpha value is 0.690. The molecule has 0 aliphatic heterocycles. The molecular formula is C15H38BrClN2. The van der Waals surface area contributed by atoms with Crippen LogP contribution in [0.2, 0.25) is 0 Å². The maximum atomic E-state index is 3.85. The maximum absolute atomic E-state index is 3.85. The van der Waals surface area contributed by atoms with Crippen molar-refractivity contribution in [1.29, 1.82) is 0 Å². The smallest absolute Gasteiger partial charge is 0.0739 e. The summed E-state index contributed by atoms with van der Waals surface area (Å²) in [4.78, 5) is 1.42. The summed E-state index contributed by atoms with van der Waals surface area (Å²) in [5.41, 5.74) is 3.85. The minimum atomic E-state index is 0. The number of nitrogens with one attached hydrogen (secondary N) is 1. The molecule has 0 rings (SSSR count). The molecule has 0 bridgehead atoms. The van der Waals surface area contributed by atoms with Crippen molar-refractivity contribution in [2.24, 2.45) is 0 Å². The zero-order valence-corrected chi connectivity index (χ0v) is 16.1. The van der Waals surface area contributed by atoms with E-state index in [-0.39, 0.29) is 29.4 Å². The van der Waals surface area contributed by atoms with Gasteiger partial charge in [0.25, 0.3) is 0 Å². The van der Waals surface area contributed by atoms with E-state index in [1.165, 1.54) is 69.1 Å². The lowest BCUT2D eigenvalue weighted by molar-refractivity contribution is -0.836. The molecule has 0 aliphatic rings. The molecule has 0 heterocycles. The van der Waals surface area contributed by atoms with Crippen LogP contribution in [0.15, 0.2) is 0 Å². The molecule has 0 amide bonds. The first-order valence-electron chi connectivity index (χ1n) is 7.71. The lowest BCUT2D eigenvalue weighted by atomic mass is 10.1. The zero-order valence-electron chi connectivity index (χ0n) is 13.7. The molecule has 4 heteroatoms. The first-order valence-corrected chi connectivity index (χ1v) is 7.71. The normalized spacial score (nSPS) is 9.16. The van der Waals surface area contributed by atoms with E-state index >= 15 is 0 Å². The van der Waals surface area contributed by atoms with Crippen LogP contribution < -0.4 is 40.0 Å². The summed E-state index contributed by atoms with van der Waals surface area (Å²) in [6.07, 6.45) is 14.2. The average molecular weight is 362 g/mol. The van der Waals surface area contributed by atoms with Gasteiger partial charge in [-0.25, -0.2) is 0 Å². The van der Waals surface area contributed by atoms with Crippen molar-refractivity contribution in [2.45, 2.75) is 71.1 Å². The molecule has 0 saturated heterocycles. The van der Waals surface area contributed by atoms with E-state index in [0.717, 1.165) is 6.54 Å². The highest BCUT2D eigenvalue weighted by molar-refractivity contribution is 4.46. The Morgan fingerprint density at radius 3 is 1.21 bits per heavy atom. The van der Waals surface area contributed by atoms with Gasteiger partial charge in [0.05, 0.1) is 27.7 Å². The van der Waals surface area contributed by atoms with Gasteiger partial charge >= 0.3 is 0 Å². The number of rotatable bonds is 10. The Morgan fingerprint density at radius 1 is 0.684 bits per heavy atom. The molecule has 0 fully saturated rings. The zero-order chi connectivity index (χ0) is 13.4. The molecular weight excluding hydrogens is 324 g/mol. The fourth-order valence-corrected chi connectivity index (χ4v) is 1.66. The van der Waals surface area contributed by atoms with Crippen molar-refractivity contribution < 1.29 is 40.0 Å². The number of quaternary nitrogens is 2. The summed E-state index contributed by atoms with van der Waals surface area (Å²) in [6.45, 7) is 3.40. The van der Waals surface area contributed by atoms with Crippen molar-refractivity contribution in [1.82, 2.24) is 0 Å². The van der Waals surface area contributed by atoms with Gasteiger partial charge in [-0.15, -0.1) is 0 Å². The Kier molecular flexibility index (Phi) is 39.9. The third kappa shape index (κ3) is 45.6. The van der Waals surface area contributed by atoms with Gasteiger partial charge in [0, 0.05) is 0 Å². The molecule has 0 aromatic heterocycles. The second kappa shape index (κ2) is 27.1. The molecule has 0 aromatic carbocycles. The molecule has 0 aromatic rings.